The van der Waals surface area contributed by atoms with E-state index in [2.05, 4.69) is 37.3 Å². The van der Waals surface area contributed by atoms with Crippen molar-refractivity contribution in [2.45, 2.75) is 115 Å². The standard InChI is InChI=1S/C28H50O2S.H3O4P/c1-3-4-5-6-7-10-14-19-26(27-21-16-13-17-22-27)20-15-11-8-9-12-18-23-31-25-28(24-29)30-2;1-5(2,3)4/h13,16-17,21-22,26,28-29H,3-12,14-15,18-20,23-25H2,1-2H3;(H3,1,2,3,4). The van der Waals surface area contributed by atoms with E-state index in [1.165, 1.54) is 102 Å². The molecule has 0 aliphatic rings. The lowest BCUT2D eigenvalue weighted by Crippen LogP contribution is -2.18. The molecule has 4 N–H and O–H groups in total. The summed E-state index contributed by atoms with van der Waals surface area (Å²) >= 11 is 1.91. The molecule has 0 saturated carbocycles. The lowest BCUT2D eigenvalue weighted by Gasteiger charge is -2.17. The molecule has 6 nitrogen and oxygen atoms in total. The van der Waals surface area contributed by atoms with E-state index in [1.54, 1.807) is 12.7 Å². The summed E-state index contributed by atoms with van der Waals surface area (Å²) < 4.78 is 14.1. The summed E-state index contributed by atoms with van der Waals surface area (Å²) in [6.07, 6.45) is 20.7. The predicted molar refractivity (Wildman–Crippen MR) is 154 cm³/mol. The monoisotopic (exact) mass is 548 g/mol. The van der Waals surface area contributed by atoms with Gasteiger partial charge in [0.25, 0.3) is 0 Å². The van der Waals surface area contributed by atoms with Crippen molar-refractivity contribution in [3.05, 3.63) is 35.9 Å². The van der Waals surface area contributed by atoms with Crippen molar-refractivity contribution in [3.8, 4) is 0 Å². The number of phosphoric acid groups is 1. The third-order valence-corrected chi connectivity index (χ3v) is 7.54. The fourth-order valence-electron chi connectivity index (χ4n) is 4.26. The van der Waals surface area contributed by atoms with Crippen LogP contribution in [-0.2, 0) is 9.30 Å². The minimum Gasteiger partial charge on any atom is -0.394 e. The molecule has 0 amide bonds. The molecule has 0 heterocycles. The highest BCUT2D eigenvalue weighted by Gasteiger charge is 2.11. The van der Waals surface area contributed by atoms with Crippen LogP contribution >= 0.6 is 19.6 Å². The zero-order chi connectivity index (χ0) is 26.9. The number of thioether (sulfide) groups is 1. The molecule has 1 aromatic carbocycles. The summed E-state index contributed by atoms with van der Waals surface area (Å²) in [6, 6.07) is 11.2. The Morgan fingerprint density at radius 3 is 1.75 bits per heavy atom. The minimum atomic E-state index is -4.64. The Morgan fingerprint density at radius 1 is 0.806 bits per heavy atom. The highest BCUT2D eigenvalue weighted by Crippen LogP contribution is 2.29. The van der Waals surface area contributed by atoms with Crippen LogP contribution in [0.25, 0.3) is 0 Å². The van der Waals surface area contributed by atoms with E-state index >= 15 is 0 Å². The number of hydrogen-bond donors (Lipinski definition) is 4. The van der Waals surface area contributed by atoms with Gasteiger partial charge in [-0.2, -0.15) is 11.8 Å². The van der Waals surface area contributed by atoms with Crippen LogP contribution in [-0.4, -0.2) is 51.1 Å². The maximum atomic E-state index is 9.12. The molecule has 2 unspecified atom stereocenters. The number of benzene rings is 1. The lowest BCUT2D eigenvalue weighted by atomic mass is 9.88. The molecule has 0 spiro atoms. The highest BCUT2D eigenvalue weighted by molar-refractivity contribution is 7.99. The van der Waals surface area contributed by atoms with E-state index in [0.717, 1.165) is 11.7 Å². The van der Waals surface area contributed by atoms with Crippen LogP contribution in [0.15, 0.2) is 30.3 Å². The van der Waals surface area contributed by atoms with Crippen molar-refractivity contribution >= 4 is 19.6 Å². The van der Waals surface area contributed by atoms with Gasteiger partial charge in [0.2, 0.25) is 0 Å². The number of rotatable bonds is 22. The maximum Gasteiger partial charge on any atom is 0.466 e. The first kappa shape index (κ1) is 35.6. The summed E-state index contributed by atoms with van der Waals surface area (Å²) in [7, 11) is -2.96. The second kappa shape index (κ2) is 24.9. The minimum absolute atomic E-state index is 0.00335. The summed E-state index contributed by atoms with van der Waals surface area (Å²) in [6.45, 7) is 2.42. The molecular weight excluding hydrogens is 495 g/mol. The van der Waals surface area contributed by atoms with Gasteiger partial charge in [-0.3, -0.25) is 0 Å². The van der Waals surface area contributed by atoms with Crippen molar-refractivity contribution < 1.29 is 29.1 Å². The van der Waals surface area contributed by atoms with Crippen LogP contribution in [0.2, 0.25) is 0 Å². The summed E-state index contributed by atoms with van der Waals surface area (Å²) in [5, 5.41) is 9.12. The van der Waals surface area contributed by atoms with Crippen LogP contribution < -0.4 is 0 Å². The first-order chi connectivity index (χ1) is 17.3. The molecule has 1 aromatic rings. The topological polar surface area (TPSA) is 107 Å². The van der Waals surface area contributed by atoms with Gasteiger partial charge in [0.1, 0.15) is 0 Å². The normalized spacial score (nSPS) is 13.2. The molecule has 0 saturated heterocycles. The average molecular weight is 549 g/mol. The molecule has 36 heavy (non-hydrogen) atoms. The first-order valence-corrected chi connectivity index (χ1v) is 16.6. The van der Waals surface area contributed by atoms with Gasteiger partial charge in [0.05, 0.1) is 12.7 Å². The number of aliphatic hydroxyl groups is 1. The average Bonchev–Trinajstić information content (AvgIpc) is 2.85. The maximum absolute atomic E-state index is 9.12. The van der Waals surface area contributed by atoms with E-state index in [-0.39, 0.29) is 12.7 Å². The van der Waals surface area contributed by atoms with Gasteiger partial charge in [-0.1, -0.05) is 114 Å². The number of methoxy groups -OCH3 is 1. The Kier molecular flexibility index (Phi) is 24.6. The number of ether oxygens (including phenoxy) is 1. The molecule has 0 fully saturated rings. The van der Waals surface area contributed by atoms with Gasteiger partial charge in [0, 0.05) is 12.9 Å². The molecule has 0 aliphatic carbocycles. The second-order valence-electron chi connectivity index (χ2n) is 9.56. The van der Waals surface area contributed by atoms with Crippen LogP contribution in [0.5, 0.6) is 0 Å². The first-order valence-electron chi connectivity index (χ1n) is 13.9. The van der Waals surface area contributed by atoms with E-state index in [0.29, 0.717) is 0 Å². The molecule has 1 rings (SSSR count). The molecule has 2 atom stereocenters. The van der Waals surface area contributed by atoms with Gasteiger partial charge in [0.15, 0.2) is 0 Å². The van der Waals surface area contributed by atoms with E-state index in [9.17, 15) is 0 Å². The van der Waals surface area contributed by atoms with Crippen LogP contribution in [0.3, 0.4) is 0 Å². The van der Waals surface area contributed by atoms with E-state index < -0.39 is 7.82 Å². The fourth-order valence-corrected chi connectivity index (χ4v) is 5.34. The number of hydrogen-bond acceptors (Lipinski definition) is 4. The number of aliphatic hydroxyl groups excluding tert-OH is 1. The molecule has 0 bridgehead atoms. The second-order valence-corrected chi connectivity index (χ2v) is 11.7. The Morgan fingerprint density at radius 2 is 1.28 bits per heavy atom. The molecule has 0 aliphatic heterocycles. The van der Waals surface area contributed by atoms with Crippen molar-refractivity contribution in [2.75, 3.05) is 25.2 Å². The van der Waals surface area contributed by atoms with Crippen LogP contribution in [0.4, 0.5) is 0 Å². The largest absolute Gasteiger partial charge is 0.466 e. The smallest absolute Gasteiger partial charge is 0.394 e. The SMILES string of the molecule is CCCCCCCCCC(CCCCCCCCSCC(CO)OC)c1ccccc1.O=P(O)(O)O. The van der Waals surface area contributed by atoms with E-state index in [4.69, 9.17) is 29.1 Å². The van der Waals surface area contributed by atoms with Gasteiger partial charge in [-0.25, -0.2) is 4.57 Å². The summed E-state index contributed by atoms with van der Waals surface area (Å²) in [5.41, 5.74) is 1.56. The fraction of sp³-hybridized carbons (Fsp3) is 0.786. The summed E-state index contributed by atoms with van der Waals surface area (Å²) in [5.74, 6) is 2.86. The van der Waals surface area contributed by atoms with E-state index in [1.807, 2.05) is 11.8 Å². The van der Waals surface area contributed by atoms with Gasteiger partial charge >= 0.3 is 7.82 Å². The molecule has 212 valence electrons. The van der Waals surface area contributed by atoms with Gasteiger partial charge < -0.3 is 24.5 Å². The van der Waals surface area contributed by atoms with Crippen LogP contribution in [0.1, 0.15) is 115 Å². The Labute approximate surface area is 224 Å². The van der Waals surface area contributed by atoms with Gasteiger partial charge in [-0.05, 0) is 36.5 Å². The quantitative estimate of drug-likeness (QED) is 0.0880. The molecule has 0 radical (unpaired) electrons. The third kappa shape index (κ3) is 25.3. The molecule has 0 aromatic heterocycles. The van der Waals surface area contributed by atoms with Crippen molar-refractivity contribution in [2.24, 2.45) is 0 Å². The zero-order valence-corrected chi connectivity index (χ0v) is 24.4. The Bertz CT molecular complexity index is 615. The lowest BCUT2D eigenvalue weighted by molar-refractivity contribution is 0.0656. The van der Waals surface area contributed by atoms with Crippen LogP contribution in [0, 0.1) is 0 Å². The van der Waals surface area contributed by atoms with Crippen molar-refractivity contribution in [1.29, 1.82) is 0 Å². The molecule has 8 heteroatoms. The highest BCUT2D eigenvalue weighted by atomic mass is 32.2. The number of unbranched alkanes of at least 4 members (excludes halogenated alkanes) is 11. The van der Waals surface area contributed by atoms with Crippen molar-refractivity contribution in [1.82, 2.24) is 0 Å². The Balaban J connectivity index is 0.00000222. The predicted octanol–water partition coefficient (Wildman–Crippen LogP) is 7.45. The summed E-state index contributed by atoms with van der Waals surface area (Å²) in [4.78, 5) is 21.6. The van der Waals surface area contributed by atoms with Crippen molar-refractivity contribution in [3.63, 3.8) is 0 Å². The van der Waals surface area contributed by atoms with Gasteiger partial charge in [-0.15, -0.1) is 0 Å². The Hall–Kier alpha value is -0.400. The third-order valence-electron chi connectivity index (χ3n) is 6.36. The molecular formula is C28H53O6PS. The zero-order valence-electron chi connectivity index (χ0n) is 22.7.